The third-order valence-corrected chi connectivity index (χ3v) is 7.84. The minimum absolute atomic E-state index is 0.0782. The summed E-state index contributed by atoms with van der Waals surface area (Å²) >= 11 is 6.40. The zero-order valence-electron chi connectivity index (χ0n) is 18.9. The number of para-hydroxylation sites is 1. The quantitative estimate of drug-likeness (QED) is 0.277. The summed E-state index contributed by atoms with van der Waals surface area (Å²) in [6.45, 7) is 4.75. The summed E-state index contributed by atoms with van der Waals surface area (Å²) in [6.07, 6.45) is -4.56. The minimum Gasteiger partial charge on any atom is -0.457 e. The van der Waals surface area contributed by atoms with E-state index in [0.717, 1.165) is 6.07 Å². The number of hydrogen-bond donors (Lipinski definition) is 0. The Balaban J connectivity index is 1.75. The Labute approximate surface area is 205 Å². The highest BCUT2D eigenvalue weighted by Gasteiger charge is 2.33. The van der Waals surface area contributed by atoms with Crippen molar-refractivity contribution in [2.45, 2.75) is 37.1 Å². The van der Waals surface area contributed by atoms with Crippen molar-refractivity contribution < 1.29 is 26.3 Å². The number of fused-ring (bicyclic) bond motifs is 1. The Kier molecular flexibility index (Phi) is 6.50. The van der Waals surface area contributed by atoms with Gasteiger partial charge in [0, 0.05) is 5.56 Å². The van der Waals surface area contributed by atoms with Gasteiger partial charge in [0.15, 0.2) is 9.84 Å². The molecule has 0 atom stereocenters. The smallest absolute Gasteiger partial charge is 0.418 e. The van der Waals surface area contributed by atoms with Crippen molar-refractivity contribution >= 4 is 32.5 Å². The number of rotatable bonds is 5. The molecule has 10 heteroatoms. The van der Waals surface area contributed by atoms with E-state index in [1.54, 1.807) is 51.1 Å². The number of sulfone groups is 1. The molecule has 0 spiro atoms. The lowest BCUT2D eigenvalue weighted by molar-refractivity contribution is -0.136. The van der Waals surface area contributed by atoms with Crippen LogP contribution in [-0.4, -0.2) is 23.6 Å². The van der Waals surface area contributed by atoms with Crippen LogP contribution in [0.15, 0.2) is 65.6 Å². The molecule has 0 unspecified atom stereocenters. The first-order chi connectivity index (χ1) is 16.4. The molecule has 182 valence electrons. The zero-order valence-corrected chi connectivity index (χ0v) is 20.5. The first kappa shape index (κ1) is 24.9. The lowest BCUT2D eigenvalue weighted by atomic mass is 10.1. The van der Waals surface area contributed by atoms with Gasteiger partial charge in [-0.05, 0) is 69.3 Å². The van der Waals surface area contributed by atoms with Crippen LogP contribution in [0.1, 0.15) is 25.1 Å². The maximum absolute atomic E-state index is 13.4. The molecule has 0 saturated heterocycles. The number of halogens is 4. The van der Waals surface area contributed by atoms with E-state index in [4.69, 9.17) is 16.3 Å². The fourth-order valence-corrected chi connectivity index (χ4v) is 4.82. The highest BCUT2D eigenvalue weighted by molar-refractivity contribution is 7.92. The molecule has 0 aliphatic heterocycles. The topological polar surface area (TPSA) is 69.2 Å². The van der Waals surface area contributed by atoms with Gasteiger partial charge >= 0.3 is 6.18 Å². The molecular formula is C25H20ClF3N2O3S. The first-order valence-electron chi connectivity index (χ1n) is 10.5. The standard InChI is InChI=1S/C25H20ClF3N2O3S/c1-14(2)35(32,33)18-7-4-6-16(12-18)34-17-10-11-21(26)19(13-17)23-15(3)30-24-20(25(27,28)29)8-5-9-22(24)31-23/h4-14H,1-3H3. The van der Waals surface area contributed by atoms with Crippen LogP contribution in [0.2, 0.25) is 5.02 Å². The van der Waals surface area contributed by atoms with Crippen molar-refractivity contribution in [1.82, 2.24) is 9.97 Å². The van der Waals surface area contributed by atoms with Gasteiger partial charge in [-0.2, -0.15) is 13.2 Å². The van der Waals surface area contributed by atoms with E-state index in [1.807, 2.05) is 0 Å². The highest BCUT2D eigenvalue weighted by atomic mass is 35.5. The molecule has 0 aliphatic carbocycles. The highest BCUT2D eigenvalue weighted by Crippen LogP contribution is 2.37. The second-order valence-electron chi connectivity index (χ2n) is 8.14. The number of hydrogen-bond acceptors (Lipinski definition) is 5. The van der Waals surface area contributed by atoms with Gasteiger partial charge in [-0.25, -0.2) is 18.4 Å². The van der Waals surface area contributed by atoms with E-state index >= 15 is 0 Å². The lowest BCUT2D eigenvalue weighted by Crippen LogP contribution is -2.13. The van der Waals surface area contributed by atoms with Crippen molar-refractivity contribution in [3.8, 4) is 22.8 Å². The van der Waals surface area contributed by atoms with Gasteiger partial charge < -0.3 is 4.74 Å². The first-order valence-corrected chi connectivity index (χ1v) is 12.5. The maximum Gasteiger partial charge on any atom is 0.418 e. The van der Waals surface area contributed by atoms with E-state index in [2.05, 4.69) is 9.97 Å². The molecule has 1 heterocycles. The van der Waals surface area contributed by atoms with Crippen LogP contribution in [0, 0.1) is 6.92 Å². The fourth-order valence-electron chi connectivity index (χ4n) is 3.52. The molecule has 5 nitrogen and oxygen atoms in total. The average molecular weight is 521 g/mol. The second-order valence-corrected chi connectivity index (χ2v) is 11.1. The summed E-state index contributed by atoms with van der Waals surface area (Å²) in [4.78, 5) is 8.73. The molecule has 3 aromatic carbocycles. The summed E-state index contributed by atoms with van der Waals surface area (Å²) in [5.41, 5.74) is -0.0416. The van der Waals surface area contributed by atoms with Crippen LogP contribution in [0.3, 0.4) is 0 Å². The Bertz CT molecular complexity index is 1540. The minimum atomic E-state index is -4.56. The van der Waals surface area contributed by atoms with Crippen molar-refractivity contribution in [1.29, 1.82) is 0 Å². The lowest BCUT2D eigenvalue weighted by Gasteiger charge is -2.14. The van der Waals surface area contributed by atoms with Crippen LogP contribution in [0.5, 0.6) is 11.5 Å². The van der Waals surface area contributed by atoms with Crippen LogP contribution < -0.4 is 4.74 Å². The normalized spacial score (nSPS) is 12.3. The van der Waals surface area contributed by atoms with Crippen molar-refractivity contribution in [3.05, 3.63) is 76.9 Å². The maximum atomic E-state index is 13.4. The SMILES string of the molecule is Cc1nc2c(C(F)(F)F)cccc2nc1-c1cc(Oc2cccc(S(=O)(=O)C(C)C)c2)ccc1Cl. The van der Waals surface area contributed by atoms with Gasteiger partial charge in [0.1, 0.15) is 17.0 Å². The predicted octanol–water partition coefficient (Wildman–Crippen LogP) is 7.25. The van der Waals surface area contributed by atoms with Gasteiger partial charge in [-0.15, -0.1) is 0 Å². The average Bonchev–Trinajstić information content (AvgIpc) is 2.79. The van der Waals surface area contributed by atoms with E-state index in [1.165, 1.54) is 24.3 Å². The van der Waals surface area contributed by atoms with Gasteiger partial charge in [0.25, 0.3) is 0 Å². The molecule has 0 N–H and O–H groups in total. The summed E-state index contributed by atoms with van der Waals surface area (Å²) in [7, 11) is -3.49. The van der Waals surface area contributed by atoms with Gasteiger partial charge in [-0.3, -0.25) is 0 Å². The van der Waals surface area contributed by atoms with Crippen LogP contribution in [-0.2, 0) is 16.0 Å². The summed E-state index contributed by atoms with van der Waals surface area (Å²) in [5.74, 6) is 0.643. The van der Waals surface area contributed by atoms with Crippen LogP contribution >= 0.6 is 11.6 Å². The second kappa shape index (κ2) is 9.13. The third-order valence-electron chi connectivity index (χ3n) is 5.36. The Morgan fingerprint density at radius 3 is 2.31 bits per heavy atom. The van der Waals surface area contributed by atoms with Crippen molar-refractivity contribution in [2.24, 2.45) is 0 Å². The number of nitrogens with zero attached hydrogens (tertiary/aromatic N) is 2. The summed E-state index contributed by atoms with van der Waals surface area (Å²) < 4.78 is 71.1. The number of benzene rings is 3. The molecule has 0 radical (unpaired) electrons. The molecule has 1 aromatic heterocycles. The van der Waals surface area contributed by atoms with Gasteiger partial charge in [-0.1, -0.05) is 23.7 Å². The van der Waals surface area contributed by atoms with Gasteiger partial charge in [0.2, 0.25) is 0 Å². The molecule has 0 fully saturated rings. The number of alkyl halides is 3. The number of aromatic nitrogens is 2. The molecule has 4 aromatic rings. The van der Waals surface area contributed by atoms with E-state index in [0.29, 0.717) is 27.8 Å². The Morgan fingerprint density at radius 1 is 0.943 bits per heavy atom. The molecule has 0 aliphatic rings. The summed E-state index contributed by atoms with van der Waals surface area (Å²) in [6, 6.07) is 14.6. The molecule has 4 rings (SSSR count). The molecule has 0 saturated carbocycles. The molecular weight excluding hydrogens is 501 g/mol. The molecule has 0 amide bonds. The number of aryl methyl sites for hydroxylation is 1. The Morgan fingerprint density at radius 2 is 1.63 bits per heavy atom. The molecule has 0 bridgehead atoms. The Hall–Kier alpha value is -3.17. The van der Waals surface area contributed by atoms with Crippen molar-refractivity contribution in [2.75, 3.05) is 0 Å². The van der Waals surface area contributed by atoms with Crippen LogP contribution in [0.25, 0.3) is 22.3 Å². The fraction of sp³-hybridized carbons (Fsp3) is 0.200. The zero-order chi connectivity index (χ0) is 25.5. The van der Waals surface area contributed by atoms with Gasteiger partial charge in [0.05, 0.1) is 37.6 Å². The number of ether oxygens (including phenoxy) is 1. The predicted molar refractivity (Wildman–Crippen MR) is 129 cm³/mol. The summed E-state index contributed by atoms with van der Waals surface area (Å²) in [5, 5.41) is -0.288. The van der Waals surface area contributed by atoms with Crippen LogP contribution in [0.4, 0.5) is 13.2 Å². The van der Waals surface area contributed by atoms with E-state index in [-0.39, 0.29) is 21.6 Å². The molecule has 35 heavy (non-hydrogen) atoms. The van der Waals surface area contributed by atoms with E-state index in [9.17, 15) is 21.6 Å². The largest absolute Gasteiger partial charge is 0.457 e. The van der Waals surface area contributed by atoms with Crippen molar-refractivity contribution in [3.63, 3.8) is 0 Å². The third kappa shape index (κ3) is 4.97. The monoisotopic (exact) mass is 520 g/mol. The van der Waals surface area contributed by atoms with E-state index < -0.39 is 26.8 Å².